The largest absolute Gasteiger partial charge is 0.395 e. The summed E-state index contributed by atoms with van der Waals surface area (Å²) in [5.74, 6) is -1.67. The topological polar surface area (TPSA) is 104 Å². The second-order valence-electron chi connectivity index (χ2n) is 3.35. The van der Waals surface area contributed by atoms with Crippen molar-refractivity contribution in [3.05, 3.63) is 0 Å². The molecule has 0 fully saturated rings. The smallest absolute Gasteiger partial charge is 0.318 e. The molecule has 0 aromatic heterocycles. The molecule has 0 atom stereocenters. The van der Waals surface area contributed by atoms with E-state index in [1.54, 1.807) is 6.92 Å². The Hall–Kier alpha value is -1.47. The van der Waals surface area contributed by atoms with Gasteiger partial charge in [-0.2, -0.15) is 0 Å². The van der Waals surface area contributed by atoms with Crippen LogP contribution in [0.25, 0.3) is 0 Å². The zero-order valence-electron chi connectivity index (χ0n) is 9.96. The summed E-state index contributed by atoms with van der Waals surface area (Å²) < 4.78 is 0. The van der Waals surface area contributed by atoms with Gasteiger partial charge in [-0.1, -0.05) is 0 Å². The van der Waals surface area contributed by atoms with Gasteiger partial charge in [-0.25, -0.2) is 0 Å². The molecule has 7 nitrogen and oxygen atoms in total. The van der Waals surface area contributed by atoms with E-state index in [-0.39, 0.29) is 19.7 Å². The van der Waals surface area contributed by atoms with Crippen LogP contribution in [-0.2, 0) is 14.4 Å². The molecule has 0 bridgehead atoms. The van der Waals surface area contributed by atoms with Crippen LogP contribution >= 0.6 is 0 Å². The lowest BCUT2D eigenvalue weighted by molar-refractivity contribution is -0.154. The van der Waals surface area contributed by atoms with Crippen molar-refractivity contribution in [2.24, 2.45) is 5.73 Å². The van der Waals surface area contributed by atoms with Gasteiger partial charge >= 0.3 is 11.8 Å². The Bertz CT molecular complexity index is 270. The van der Waals surface area contributed by atoms with E-state index in [0.717, 1.165) is 4.90 Å². The van der Waals surface area contributed by atoms with Crippen molar-refractivity contribution in [1.29, 1.82) is 0 Å². The highest BCUT2D eigenvalue weighted by Crippen LogP contribution is 1.96. The van der Waals surface area contributed by atoms with Gasteiger partial charge in [-0.15, -0.1) is 0 Å². The third kappa shape index (κ3) is 4.92. The van der Waals surface area contributed by atoms with Crippen molar-refractivity contribution in [2.45, 2.75) is 13.3 Å². The number of hydrogen-bond acceptors (Lipinski definition) is 5. The number of rotatable bonds is 7. The van der Waals surface area contributed by atoms with Gasteiger partial charge in [0.2, 0.25) is 6.41 Å². The summed E-state index contributed by atoms with van der Waals surface area (Å²) in [5.41, 5.74) is 5.26. The van der Waals surface area contributed by atoms with Crippen LogP contribution in [-0.4, -0.2) is 65.9 Å². The highest BCUT2D eigenvalue weighted by atomic mass is 16.3. The lowest BCUT2D eigenvalue weighted by Gasteiger charge is -2.22. The van der Waals surface area contributed by atoms with E-state index in [1.165, 1.54) is 4.90 Å². The van der Waals surface area contributed by atoms with Gasteiger partial charge in [0.05, 0.1) is 6.61 Å². The highest BCUT2D eigenvalue weighted by Gasteiger charge is 2.25. The van der Waals surface area contributed by atoms with Crippen LogP contribution in [0.3, 0.4) is 0 Å². The maximum Gasteiger partial charge on any atom is 0.318 e. The number of hydrogen-bond donors (Lipinski definition) is 2. The summed E-state index contributed by atoms with van der Waals surface area (Å²) in [7, 11) is 0. The summed E-state index contributed by atoms with van der Waals surface area (Å²) in [6, 6.07) is 0. The zero-order chi connectivity index (χ0) is 13.3. The van der Waals surface area contributed by atoms with Crippen LogP contribution < -0.4 is 5.73 Å². The molecule has 3 amide bonds. The average molecular weight is 245 g/mol. The van der Waals surface area contributed by atoms with Crippen LogP contribution in [0, 0.1) is 0 Å². The molecule has 0 aliphatic carbocycles. The number of carbonyl (C=O) groups excluding carboxylic acids is 3. The standard InChI is InChI=1S/C10H19N3O4/c1-2-12(6-7-14)9(16)10(17)13(8-15)5-3-4-11/h8,14H,2-7,11H2,1H3. The summed E-state index contributed by atoms with van der Waals surface area (Å²) in [4.78, 5) is 35.9. The van der Waals surface area contributed by atoms with E-state index in [2.05, 4.69) is 0 Å². The monoisotopic (exact) mass is 245 g/mol. The number of nitrogens with two attached hydrogens (primary N) is 1. The van der Waals surface area contributed by atoms with Gasteiger partial charge in [0.1, 0.15) is 0 Å². The van der Waals surface area contributed by atoms with Crippen LogP contribution in [0.2, 0.25) is 0 Å². The molecule has 0 radical (unpaired) electrons. The fourth-order valence-corrected chi connectivity index (χ4v) is 1.25. The Morgan fingerprint density at radius 2 is 1.94 bits per heavy atom. The molecule has 0 unspecified atom stereocenters. The van der Waals surface area contributed by atoms with Gasteiger partial charge in [0.25, 0.3) is 0 Å². The van der Waals surface area contributed by atoms with Crippen molar-refractivity contribution in [3.63, 3.8) is 0 Å². The molecule has 0 saturated carbocycles. The van der Waals surface area contributed by atoms with Gasteiger partial charge in [0, 0.05) is 19.6 Å². The summed E-state index contributed by atoms with van der Waals surface area (Å²) in [5, 5.41) is 8.73. The number of carbonyl (C=O) groups is 3. The van der Waals surface area contributed by atoms with Gasteiger partial charge < -0.3 is 15.7 Å². The number of aliphatic hydroxyl groups is 1. The molecule has 3 N–H and O–H groups in total. The van der Waals surface area contributed by atoms with Crippen molar-refractivity contribution in [3.8, 4) is 0 Å². The first-order valence-electron chi connectivity index (χ1n) is 5.48. The highest BCUT2D eigenvalue weighted by molar-refractivity contribution is 6.36. The number of amides is 3. The summed E-state index contributed by atoms with van der Waals surface area (Å²) in [6.45, 7) is 2.29. The molecule has 0 aliphatic rings. The predicted molar refractivity (Wildman–Crippen MR) is 60.8 cm³/mol. The number of nitrogens with zero attached hydrogens (tertiary/aromatic N) is 2. The molecule has 7 heteroatoms. The van der Waals surface area contributed by atoms with E-state index in [4.69, 9.17) is 10.8 Å². The number of aliphatic hydroxyl groups excluding tert-OH is 1. The molecule has 0 rings (SSSR count). The van der Waals surface area contributed by atoms with Gasteiger partial charge in [-0.3, -0.25) is 19.3 Å². The molecule has 0 heterocycles. The molecule has 0 saturated heterocycles. The minimum Gasteiger partial charge on any atom is -0.395 e. The Morgan fingerprint density at radius 1 is 1.29 bits per heavy atom. The van der Waals surface area contributed by atoms with E-state index < -0.39 is 11.8 Å². The first-order chi connectivity index (χ1) is 8.12. The lowest BCUT2D eigenvalue weighted by Crippen LogP contribution is -2.46. The first-order valence-corrected chi connectivity index (χ1v) is 5.48. The molecule has 0 aliphatic heterocycles. The molecular weight excluding hydrogens is 226 g/mol. The predicted octanol–water partition coefficient (Wildman–Crippen LogP) is -1.84. The second kappa shape index (κ2) is 8.66. The van der Waals surface area contributed by atoms with Crippen molar-refractivity contribution in [2.75, 3.05) is 32.8 Å². The second-order valence-corrected chi connectivity index (χ2v) is 3.35. The minimum atomic E-state index is -0.885. The van der Waals surface area contributed by atoms with Crippen molar-refractivity contribution in [1.82, 2.24) is 9.80 Å². The fourth-order valence-electron chi connectivity index (χ4n) is 1.25. The lowest BCUT2D eigenvalue weighted by atomic mass is 10.3. The quantitative estimate of drug-likeness (QED) is 0.405. The molecular formula is C10H19N3O4. The number of likely N-dealkylation sites (N-methyl/N-ethyl adjacent to an activating group) is 1. The SMILES string of the molecule is CCN(CCO)C(=O)C(=O)N(C=O)CCCN. The van der Waals surface area contributed by atoms with Crippen LogP contribution in [0.15, 0.2) is 0 Å². The van der Waals surface area contributed by atoms with Crippen molar-refractivity contribution < 1.29 is 19.5 Å². The molecule has 0 aromatic carbocycles. The molecule has 98 valence electrons. The molecule has 0 spiro atoms. The van der Waals surface area contributed by atoms with E-state index in [9.17, 15) is 14.4 Å². The Balaban J connectivity index is 4.52. The zero-order valence-corrected chi connectivity index (χ0v) is 9.96. The maximum atomic E-state index is 11.7. The van der Waals surface area contributed by atoms with E-state index in [0.29, 0.717) is 25.9 Å². The first kappa shape index (κ1) is 15.5. The summed E-state index contributed by atoms with van der Waals surface area (Å²) in [6.07, 6.45) is 0.770. The maximum absolute atomic E-state index is 11.7. The van der Waals surface area contributed by atoms with Crippen LogP contribution in [0.5, 0.6) is 0 Å². The van der Waals surface area contributed by atoms with Gasteiger partial charge in [0.15, 0.2) is 0 Å². The van der Waals surface area contributed by atoms with Crippen LogP contribution in [0.1, 0.15) is 13.3 Å². The van der Waals surface area contributed by atoms with Crippen molar-refractivity contribution >= 4 is 18.2 Å². The Kier molecular flexibility index (Phi) is 7.91. The van der Waals surface area contributed by atoms with Gasteiger partial charge in [-0.05, 0) is 19.9 Å². The fraction of sp³-hybridized carbons (Fsp3) is 0.700. The van der Waals surface area contributed by atoms with E-state index in [1.807, 2.05) is 0 Å². The average Bonchev–Trinajstić information content (AvgIpc) is 2.35. The molecule has 0 aromatic rings. The third-order valence-corrected chi connectivity index (χ3v) is 2.21. The number of imide groups is 1. The normalized spacial score (nSPS) is 9.82. The minimum absolute atomic E-state index is 0.0741. The summed E-state index contributed by atoms with van der Waals surface area (Å²) >= 11 is 0. The molecule has 17 heavy (non-hydrogen) atoms. The Labute approximate surface area is 100 Å². The van der Waals surface area contributed by atoms with Crippen LogP contribution in [0.4, 0.5) is 0 Å². The Morgan fingerprint density at radius 3 is 2.35 bits per heavy atom. The van der Waals surface area contributed by atoms with E-state index >= 15 is 0 Å². The third-order valence-electron chi connectivity index (χ3n) is 2.21.